The number of phenols is 1. The van der Waals surface area contributed by atoms with Gasteiger partial charge < -0.3 is 9.84 Å². The topological polar surface area (TPSA) is 66.1 Å². The lowest BCUT2D eigenvalue weighted by Crippen LogP contribution is -1.95. The first-order valence-corrected chi connectivity index (χ1v) is 5.40. The van der Waals surface area contributed by atoms with E-state index in [2.05, 4.69) is 11.1 Å². The number of aromatic hydroxyl groups is 1. The lowest BCUT2D eigenvalue weighted by molar-refractivity contribution is 0.409. The minimum absolute atomic E-state index is 0.121. The van der Waals surface area contributed by atoms with Crippen molar-refractivity contribution in [2.45, 2.75) is 6.92 Å². The lowest BCUT2D eigenvalue weighted by Gasteiger charge is -2.12. The molecule has 4 heteroatoms. The summed E-state index contributed by atoms with van der Waals surface area (Å²) in [6.07, 6.45) is 1.60. The third-order valence-corrected chi connectivity index (χ3v) is 2.72. The summed E-state index contributed by atoms with van der Waals surface area (Å²) in [7, 11) is 1.52. The molecule has 0 atom stereocenters. The van der Waals surface area contributed by atoms with E-state index in [1.165, 1.54) is 13.2 Å². The second-order valence-electron chi connectivity index (χ2n) is 3.85. The molecule has 1 heterocycles. The number of methoxy groups -OCH3 is 1. The van der Waals surface area contributed by atoms with Gasteiger partial charge in [0.2, 0.25) is 0 Å². The minimum Gasteiger partial charge on any atom is -0.508 e. The molecule has 0 unspecified atom stereocenters. The SMILES string of the molecule is COc1cc(O)ccc1-c1c(C)ccnc1C#N. The Bertz CT molecular complexity index is 630. The highest BCUT2D eigenvalue weighted by molar-refractivity contribution is 5.77. The van der Waals surface area contributed by atoms with Crippen LogP contribution in [0.15, 0.2) is 30.5 Å². The molecule has 0 aliphatic rings. The zero-order valence-electron chi connectivity index (χ0n) is 10.1. The van der Waals surface area contributed by atoms with Gasteiger partial charge >= 0.3 is 0 Å². The zero-order chi connectivity index (χ0) is 13.1. The Kier molecular flexibility index (Phi) is 3.16. The molecule has 1 aromatic carbocycles. The Morgan fingerprint density at radius 1 is 1.33 bits per heavy atom. The van der Waals surface area contributed by atoms with Crippen LogP contribution >= 0.6 is 0 Å². The quantitative estimate of drug-likeness (QED) is 0.876. The van der Waals surface area contributed by atoms with Crippen LogP contribution in [0.3, 0.4) is 0 Å². The van der Waals surface area contributed by atoms with Crippen LogP contribution in [0.25, 0.3) is 11.1 Å². The third kappa shape index (κ3) is 1.98. The van der Waals surface area contributed by atoms with E-state index in [0.29, 0.717) is 11.4 Å². The molecule has 0 bridgehead atoms. The van der Waals surface area contributed by atoms with Gasteiger partial charge in [-0.15, -0.1) is 0 Å². The summed E-state index contributed by atoms with van der Waals surface area (Å²) in [5, 5.41) is 18.6. The maximum atomic E-state index is 9.45. The minimum atomic E-state index is 0.121. The van der Waals surface area contributed by atoms with Gasteiger partial charge in [0, 0.05) is 23.4 Å². The highest BCUT2D eigenvalue weighted by Crippen LogP contribution is 2.35. The predicted octanol–water partition coefficient (Wildman–Crippen LogP) is 2.64. The highest BCUT2D eigenvalue weighted by atomic mass is 16.5. The van der Waals surface area contributed by atoms with Crippen molar-refractivity contribution in [3.05, 3.63) is 41.7 Å². The molecule has 2 rings (SSSR count). The summed E-state index contributed by atoms with van der Waals surface area (Å²) in [6, 6.07) is 8.71. The van der Waals surface area contributed by atoms with E-state index in [1.54, 1.807) is 18.3 Å². The molecule has 0 amide bonds. The number of hydrogen-bond donors (Lipinski definition) is 1. The molecule has 2 aromatic rings. The van der Waals surface area contributed by atoms with E-state index in [1.807, 2.05) is 13.0 Å². The average molecular weight is 240 g/mol. The number of ether oxygens (including phenoxy) is 1. The number of pyridine rings is 1. The Morgan fingerprint density at radius 2 is 2.11 bits per heavy atom. The van der Waals surface area contributed by atoms with Crippen LogP contribution in [-0.2, 0) is 0 Å². The number of phenolic OH excluding ortho intramolecular Hbond substituents is 1. The monoisotopic (exact) mass is 240 g/mol. The lowest BCUT2D eigenvalue weighted by atomic mass is 9.98. The van der Waals surface area contributed by atoms with Gasteiger partial charge in [-0.25, -0.2) is 4.98 Å². The fraction of sp³-hybridized carbons (Fsp3) is 0.143. The van der Waals surface area contributed by atoms with Gasteiger partial charge in [-0.1, -0.05) is 0 Å². The average Bonchev–Trinajstić information content (AvgIpc) is 2.38. The summed E-state index contributed by atoms with van der Waals surface area (Å²) in [6.45, 7) is 1.91. The first-order chi connectivity index (χ1) is 8.67. The molecule has 0 aliphatic heterocycles. The van der Waals surface area contributed by atoms with E-state index in [0.717, 1.165) is 16.7 Å². The number of nitriles is 1. The molecule has 0 fully saturated rings. The van der Waals surface area contributed by atoms with Crippen molar-refractivity contribution in [2.24, 2.45) is 0 Å². The van der Waals surface area contributed by atoms with Gasteiger partial charge in [-0.3, -0.25) is 0 Å². The van der Waals surface area contributed by atoms with E-state index in [4.69, 9.17) is 10.00 Å². The number of nitrogens with zero attached hydrogens (tertiary/aromatic N) is 2. The Morgan fingerprint density at radius 3 is 2.78 bits per heavy atom. The Balaban J connectivity index is 2.73. The molecule has 4 nitrogen and oxygen atoms in total. The van der Waals surface area contributed by atoms with E-state index < -0.39 is 0 Å². The van der Waals surface area contributed by atoms with Crippen molar-refractivity contribution in [2.75, 3.05) is 7.11 Å². The van der Waals surface area contributed by atoms with Crippen LogP contribution in [0, 0.1) is 18.3 Å². The van der Waals surface area contributed by atoms with Crippen molar-refractivity contribution in [3.8, 4) is 28.7 Å². The summed E-state index contributed by atoms with van der Waals surface area (Å²) in [4.78, 5) is 4.05. The first-order valence-electron chi connectivity index (χ1n) is 5.40. The van der Waals surface area contributed by atoms with Crippen LogP contribution in [-0.4, -0.2) is 17.2 Å². The highest BCUT2D eigenvalue weighted by Gasteiger charge is 2.14. The van der Waals surface area contributed by atoms with Crippen molar-refractivity contribution in [1.82, 2.24) is 4.98 Å². The van der Waals surface area contributed by atoms with Gasteiger partial charge in [0.05, 0.1) is 7.11 Å². The van der Waals surface area contributed by atoms with Crippen LogP contribution in [0.5, 0.6) is 11.5 Å². The van der Waals surface area contributed by atoms with Crippen molar-refractivity contribution in [3.63, 3.8) is 0 Å². The van der Waals surface area contributed by atoms with E-state index in [-0.39, 0.29) is 5.75 Å². The molecule has 1 aromatic heterocycles. The van der Waals surface area contributed by atoms with Crippen LogP contribution in [0.4, 0.5) is 0 Å². The molecule has 18 heavy (non-hydrogen) atoms. The van der Waals surface area contributed by atoms with E-state index in [9.17, 15) is 5.11 Å². The fourth-order valence-electron chi connectivity index (χ4n) is 1.87. The van der Waals surface area contributed by atoms with E-state index >= 15 is 0 Å². The van der Waals surface area contributed by atoms with Crippen molar-refractivity contribution in [1.29, 1.82) is 5.26 Å². The summed E-state index contributed by atoms with van der Waals surface area (Å²) < 4.78 is 5.24. The molecule has 90 valence electrons. The maximum absolute atomic E-state index is 9.45. The molecule has 1 N–H and O–H groups in total. The van der Waals surface area contributed by atoms with Crippen molar-refractivity contribution < 1.29 is 9.84 Å². The number of rotatable bonds is 2. The first kappa shape index (κ1) is 11.9. The summed E-state index contributed by atoms with van der Waals surface area (Å²) >= 11 is 0. The van der Waals surface area contributed by atoms with Gasteiger partial charge in [-0.2, -0.15) is 5.26 Å². The normalized spacial score (nSPS) is 9.83. The van der Waals surface area contributed by atoms with Crippen molar-refractivity contribution >= 4 is 0 Å². The second kappa shape index (κ2) is 4.76. The molecule has 0 spiro atoms. The Hall–Kier alpha value is -2.54. The van der Waals surface area contributed by atoms with Gasteiger partial charge in [0.25, 0.3) is 0 Å². The molecule has 0 aliphatic carbocycles. The molecule has 0 saturated heterocycles. The van der Waals surface area contributed by atoms with Gasteiger partial charge in [0.15, 0.2) is 0 Å². The second-order valence-corrected chi connectivity index (χ2v) is 3.85. The predicted molar refractivity (Wildman–Crippen MR) is 67.3 cm³/mol. The van der Waals surface area contributed by atoms with Crippen LogP contribution in [0.1, 0.15) is 11.3 Å². The maximum Gasteiger partial charge on any atom is 0.148 e. The molecule has 0 saturated carbocycles. The summed E-state index contributed by atoms with van der Waals surface area (Å²) in [5.41, 5.74) is 2.76. The van der Waals surface area contributed by atoms with Crippen LogP contribution in [0.2, 0.25) is 0 Å². The van der Waals surface area contributed by atoms with Crippen LogP contribution < -0.4 is 4.74 Å². The molecule has 0 radical (unpaired) electrons. The summed E-state index contributed by atoms with van der Waals surface area (Å²) in [5.74, 6) is 0.637. The standard InChI is InChI=1S/C14H12N2O2/c1-9-5-6-16-12(8-15)14(9)11-4-3-10(17)7-13(11)18-2/h3-7,17H,1-2H3. The van der Waals surface area contributed by atoms with Gasteiger partial charge in [-0.05, 0) is 30.7 Å². The number of aromatic nitrogens is 1. The third-order valence-electron chi connectivity index (χ3n) is 2.72. The number of hydrogen-bond acceptors (Lipinski definition) is 4. The van der Waals surface area contributed by atoms with Gasteiger partial charge in [0.1, 0.15) is 23.3 Å². The number of benzene rings is 1. The Labute approximate surface area is 105 Å². The smallest absolute Gasteiger partial charge is 0.148 e. The largest absolute Gasteiger partial charge is 0.508 e. The number of aryl methyl sites for hydroxylation is 1. The molecular weight excluding hydrogens is 228 g/mol. The molecular formula is C14H12N2O2. The zero-order valence-corrected chi connectivity index (χ0v) is 10.1. The fourth-order valence-corrected chi connectivity index (χ4v) is 1.87.